The fourth-order valence-corrected chi connectivity index (χ4v) is 2.18. The summed E-state index contributed by atoms with van der Waals surface area (Å²) in [7, 11) is 1.66. The highest BCUT2D eigenvalue weighted by atomic mass is 16.5. The average Bonchev–Trinajstić information content (AvgIpc) is 2.39. The van der Waals surface area contributed by atoms with E-state index in [1.54, 1.807) is 7.11 Å². The van der Waals surface area contributed by atoms with Crippen LogP contribution < -0.4 is 15.4 Å². The summed E-state index contributed by atoms with van der Waals surface area (Å²) in [6.45, 7) is 3.93. The number of rotatable bonds is 4. The zero-order valence-corrected chi connectivity index (χ0v) is 10.6. The predicted molar refractivity (Wildman–Crippen MR) is 70.8 cm³/mol. The van der Waals surface area contributed by atoms with Gasteiger partial charge in [0.15, 0.2) is 0 Å². The molecule has 18 heavy (non-hydrogen) atoms. The van der Waals surface area contributed by atoms with Crippen molar-refractivity contribution in [3.63, 3.8) is 0 Å². The molecule has 0 aliphatic carbocycles. The molecular formula is C13H19N3O2. The minimum Gasteiger partial charge on any atom is -0.497 e. The quantitative estimate of drug-likeness (QED) is 0.834. The van der Waals surface area contributed by atoms with E-state index in [0.29, 0.717) is 6.54 Å². The van der Waals surface area contributed by atoms with Gasteiger partial charge in [-0.05, 0) is 24.3 Å². The van der Waals surface area contributed by atoms with E-state index in [4.69, 9.17) is 10.5 Å². The molecule has 1 aromatic carbocycles. The number of carbonyl (C=O) groups is 1. The molecule has 2 N–H and O–H groups in total. The van der Waals surface area contributed by atoms with Crippen molar-refractivity contribution in [1.29, 1.82) is 0 Å². The van der Waals surface area contributed by atoms with Gasteiger partial charge in [-0.15, -0.1) is 0 Å². The van der Waals surface area contributed by atoms with Crippen LogP contribution in [0.4, 0.5) is 5.69 Å². The van der Waals surface area contributed by atoms with E-state index in [1.165, 1.54) is 5.69 Å². The third-order valence-corrected chi connectivity index (χ3v) is 3.19. The molecule has 1 heterocycles. The molecule has 0 saturated carbocycles. The summed E-state index contributed by atoms with van der Waals surface area (Å²) >= 11 is 0. The van der Waals surface area contributed by atoms with Gasteiger partial charge in [-0.1, -0.05) is 0 Å². The minimum absolute atomic E-state index is 0.257. The number of hydrogen-bond donors (Lipinski definition) is 1. The zero-order valence-electron chi connectivity index (χ0n) is 10.6. The number of nitrogens with zero attached hydrogens (tertiary/aromatic N) is 2. The number of piperazine rings is 1. The monoisotopic (exact) mass is 249 g/mol. The highest BCUT2D eigenvalue weighted by Gasteiger charge is 2.18. The topological polar surface area (TPSA) is 58.8 Å². The Balaban J connectivity index is 1.90. The van der Waals surface area contributed by atoms with Gasteiger partial charge in [0.1, 0.15) is 5.75 Å². The number of amides is 1. The second-order valence-corrected chi connectivity index (χ2v) is 4.43. The van der Waals surface area contributed by atoms with Crippen molar-refractivity contribution in [3.8, 4) is 5.75 Å². The smallest absolute Gasteiger partial charge is 0.231 e. The summed E-state index contributed by atoms with van der Waals surface area (Å²) in [6, 6.07) is 8.04. The van der Waals surface area contributed by atoms with E-state index in [2.05, 4.69) is 21.9 Å². The largest absolute Gasteiger partial charge is 0.497 e. The van der Waals surface area contributed by atoms with Crippen molar-refractivity contribution in [2.45, 2.75) is 0 Å². The van der Waals surface area contributed by atoms with Gasteiger partial charge in [0, 0.05) is 31.9 Å². The van der Waals surface area contributed by atoms with E-state index in [-0.39, 0.29) is 5.91 Å². The Morgan fingerprint density at radius 1 is 1.22 bits per heavy atom. The van der Waals surface area contributed by atoms with Crippen LogP contribution in [0.25, 0.3) is 0 Å². The molecule has 0 unspecified atom stereocenters. The van der Waals surface area contributed by atoms with Gasteiger partial charge < -0.3 is 15.4 Å². The maximum atomic E-state index is 10.8. The van der Waals surface area contributed by atoms with Crippen molar-refractivity contribution < 1.29 is 9.53 Å². The highest BCUT2D eigenvalue weighted by Crippen LogP contribution is 2.20. The van der Waals surface area contributed by atoms with Crippen LogP contribution in [0.2, 0.25) is 0 Å². The van der Waals surface area contributed by atoms with Gasteiger partial charge in [0.2, 0.25) is 5.91 Å². The fourth-order valence-electron chi connectivity index (χ4n) is 2.18. The molecule has 1 saturated heterocycles. The van der Waals surface area contributed by atoms with Gasteiger partial charge in [-0.2, -0.15) is 0 Å². The lowest BCUT2D eigenvalue weighted by atomic mass is 10.2. The number of benzene rings is 1. The summed E-state index contributed by atoms with van der Waals surface area (Å²) < 4.78 is 5.14. The number of methoxy groups -OCH3 is 1. The van der Waals surface area contributed by atoms with Crippen LogP contribution in [0.5, 0.6) is 5.75 Å². The van der Waals surface area contributed by atoms with Crippen molar-refractivity contribution in [1.82, 2.24) is 4.90 Å². The molecule has 0 radical (unpaired) electrons. The van der Waals surface area contributed by atoms with E-state index >= 15 is 0 Å². The van der Waals surface area contributed by atoms with Crippen LogP contribution in [0.15, 0.2) is 24.3 Å². The van der Waals surface area contributed by atoms with Crippen LogP contribution in [-0.4, -0.2) is 50.6 Å². The van der Waals surface area contributed by atoms with Crippen molar-refractivity contribution in [3.05, 3.63) is 24.3 Å². The first kappa shape index (κ1) is 12.7. The molecular weight excluding hydrogens is 230 g/mol. The summed E-state index contributed by atoms with van der Waals surface area (Å²) in [4.78, 5) is 15.2. The molecule has 1 amide bonds. The molecule has 1 aromatic rings. The molecule has 2 rings (SSSR count). The lowest BCUT2D eigenvalue weighted by Crippen LogP contribution is -2.48. The lowest BCUT2D eigenvalue weighted by molar-refractivity contribution is -0.119. The Morgan fingerprint density at radius 2 is 1.83 bits per heavy atom. The van der Waals surface area contributed by atoms with Crippen LogP contribution in [0, 0.1) is 0 Å². The van der Waals surface area contributed by atoms with Gasteiger partial charge in [0.25, 0.3) is 0 Å². The Hall–Kier alpha value is -1.75. The number of hydrogen-bond acceptors (Lipinski definition) is 4. The summed E-state index contributed by atoms with van der Waals surface area (Å²) in [5, 5.41) is 0. The Bertz CT molecular complexity index is 397. The number of ether oxygens (including phenoxy) is 1. The van der Waals surface area contributed by atoms with Gasteiger partial charge in [0.05, 0.1) is 13.7 Å². The van der Waals surface area contributed by atoms with Gasteiger partial charge >= 0.3 is 0 Å². The maximum absolute atomic E-state index is 10.8. The lowest BCUT2D eigenvalue weighted by Gasteiger charge is -2.35. The number of nitrogens with two attached hydrogens (primary N) is 1. The molecule has 0 spiro atoms. The Labute approximate surface area is 107 Å². The fraction of sp³-hybridized carbons (Fsp3) is 0.462. The zero-order chi connectivity index (χ0) is 13.0. The standard InChI is InChI=1S/C13H19N3O2/c1-18-12-4-2-11(3-5-12)16-8-6-15(7-9-16)10-13(14)17/h2-5H,6-10H2,1H3,(H2,14,17). The molecule has 0 bridgehead atoms. The van der Waals surface area contributed by atoms with Crippen LogP contribution in [-0.2, 0) is 4.79 Å². The second-order valence-electron chi connectivity index (χ2n) is 4.43. The van der Waals surface area contributed by atoms with Crippen LogP contribution >= 0.6 is 0 Å². The number of primary amides is 1. The third kappa shape index (κ3) is 3.13. The Kier molecular flexibility index (Phi) is 4.04. The van der Waals surface area contributed by atoms with Gasteiger partial charge in [-0.3, -0.25) is 9.69 Å². The molecule has 98 valence electrons. The Morgan fingerprint density at radius 3 is 2.33 bits per heavy atom. The summed E-state index contributed by atoms with van der Waals surface area (Å²) in [5.74, 6) is 0.610. The molecule has 1 aliphatic rings. The molecule has 0 atom stereocenters. The molecule has 5 nitrogen and oxygen atoms in total. The van der Waals surface area contributed by atoms with E-state index in [1.807, 2.05) is 12.1 Å². The number of carbonyl (C=O) groups excluding carboxylic acids is 1. The van der Waals surface area contributed by atoms with Crippen molar-refractivity contribution >= 4 is 11.6 Å². The minimum atomic E-state index is -0.257. The van der Waals surface area contributed by atoms with Crippen molar-refractivity contribution in [2.24, 2.45) is 5.73 Å². The van der Waals surface area contributed by atoms with E-state index in [9.17, 15) is 4.79 Å². The molecule has 5 heteroatoms. The summed E-state index contributed by atoms with van der Waals surface area (Å²) in [6.07, 6.45) is 0. The first-order valence-electron chi connectivity index (χ1n) is 6.08. The predicted octanol–water partition coefficient (Wildman–Crippen LogP) is 0.303. The molecule has 0 aromatic heterocycles. The van der Waals surface area contributed by atoms with Crippen LogP contribution in [0.1, 0.15) is 0 Å². The van der Waals surface area contributed by atoms with Gasteiger partial charge in [-0.25, -0.2) is 0 Å². The first-order valence-corrected chi connectivity index (χ1v) is 6.08. The normalized spacial score (nSPS) is 16.6. The molecule has 1 aliphatic heterocycles. The number of anilines is 1. The average molecular weight is 249 g/mol. The van der Waals surface area contributed by atoms with Crippen molar-refractivity contribution in [2.75, 3.05) is 44.7 Å². The van der Waals surface area contributed by atoms with E-state index in [0.717, 1.165) is 31.9 Å². The maximum Gasteiger partial charge on any atom is 0.231 e. The summed E-state index contributed by atoms with van der Waals surface area (Å²) in [5.41, 5.74) is 6.38. The third-order valence-electron chi connectivity index (χ3n) is 3.19. The van der Waals surface area contributed by atoms with E-state index < -0.39 is 0 Å². The highest BCUT2D eigenvalue weighted by molar-refractivity contribution is 5.75. The second kappa shape index (κ2) is 5.73. The van der Waals surface area contributed by atoms with Crippen LogP contribution in [0.3, 0.4) is 0 Å². The molecule has 1 fully saturated rings. The SMILES string of the molecule is COc1ccc(N2CCN(CC(N)=O)CC2)cc1. The first-order chi connectivity index (χ1) is 8.69.